The summed E-state index contributed by atoms with van der Waals surface area (Å²) in [5.74, 6) is -1.03. The van der Waals surface area contributed by atoms with E-state index < -0.39 is 12.1 Å². The zero-order valence-corrected chi connectivity index (χ0v) is 9.33. The lowest BCUT2D eigenvalue weighted by Gasteiger charge is -2.37. The third kappa shape index (κ3) is 2.20. The highest BCUT2D eigenvalue weighted by Crippen LogP contribution is 2.47. The molecule has 94 valence electrons. The number of halogens is 3. The molecule has 0 aromatic carbocycles. The SMILES string of the molecule is C[C@@H]1C[C@@H]2[C@H](CN)C[C@H](C(F)(F)F)C[C@H]2O1. The molecule has 2 rings (SSSR count). The monoisotopic (exact) mass is 237 g/mol. The summed E-state index contributed by atoms with van der Waals surface area (Å²) in [5, 5.41) is 0. The predicted octanol–water partition coefficient (Wildman–Crippen LogP) is 2.33. The molecule has 0 unspecified atom stereocenters. The van der Waals surface area contributed by atoms with Gasteiger partial charge in [-0.3, -0.25) is 0 Å². The third-order valence-corrected chi connectivity index (χ3v) is 3.96. The minimum Gasteiger partial charge on any atom is -0.375 e. The number of rotatable bonds is 1. The number of hydrogen-bond donors (Lipinski definition) is 1. The molecule has 0 aromatic heterocycles. The molecule has 2 nitrogen and oxygen atoms in total. The second-order valence-electron chi connectivity index (χ2n) is 5.09. The van der Waals surface area contributed by atoms with Gasteiger partial charge in [0, 0.05) is 0 Å². The molecule has 0 bridgehead atoms. The maximum absolute atomic E-state index is 12.7. The van der Waals surface area contributed by atoms with E-state index in [1.807, 2.05) is 6.92 Å². The molecule has 2 aliphatic rings. The number of ether oxygens (including phenoxy) is 1. The number of hydrogen-bond acceptors (Lipinski definition) is 2. The van der Waals surface area contributed by atoms with Crippen LogP contribution in [0.15, 0.2) is 0 Å². The maximum atomic E-state index is 12.7. The van der Waals surface area contributed by atoms with Crippen molar-refractivity contribution in [1.29, 1.82) is 0 Å². The van der Waals surface area contributed by atoms with Gasteiger partial charge in [0.05, 0.1) is 18.1 Å². The quantitative estimate of drug-likeness (QED) is 0.759. The first-order valence-corrected chi connectivity index (χ1v) is 5.84. The highest BCUT2D eigenvalue weighted by atomic mass is 19.4. The average Bonchev–Trinajstić information content (AvgIpc) is 2.54. The van der Waals surface area contributed by atoms with Crippen LogP contribution in [-0.2, 0) is 4.74 Å². The average molecular weight is 237 g/mol. The van der Waals surface area contributed by atoms with Crippen molar-refractivity contribution in [3.05, 3.63) is 0 Å². The summed E-state index contributed by atoms with van der Waals surface area (Å²) >= 11 is 0. The molecule has 2 fully saturated rings. The molecule has 1 saturated heterocycles. The summed E-state index contributed by atoms with van der Waals surface area (Å²) in [6.45, 7) is 2.26. The van der Waals surface area contributed by atoms with Crippen LogP contribution in [-0.4, -0.2) is 24.9 Å². The maximum Gasteiger partial charge on any atom is 0.391 e. The zero-order valence-electron chi connectivity index (χ0n) is 9.33. The van der Waals surface area contributed by atoms with Crippen LogP contribution < -0.4 is 5.73 Å². The van der Waals surface area contributed by atoms with E-state index in [1.165, 1.54) is 0 Å². The Labute approximate surface area is 93.3 Å². The summed E-state index contributed by atoms with van der Waals surface area (Å²) in [4.78, 5) is 0. The standard InChI is InChI=1S/C11H18F3NO/c1-6-2-9-7(5-15)3-8(11(12,13)14)4-10(9)16-6/h6-10H,2-5,15H2,1H3/t6-,7+,8+,9-,10-/m1/s1. The van der Waals surface area contributed by atoms with Gasteiger partial charge in [0.15, 0.2) is 0 Å². The van der Waals surface area contributed by atoms with E-state index in [2.05, 4.69) is 0 Å². The highest BCUT2D eigenvalue weighted by molar-refractivity contribution is 4.94. The van der Waals surface area contributed by atoms with Gasteiger partial charge >= 0.3 is 6.18 Å². The Bertz CT molecular complexity index is 248. The molecule has 0 spiro atoms. The molecular weight excluding hydrogens is 219 g/mol. The Morgan fingerprint density at radius 3 is 2.50 bits per heavy atom. The summed E-state index contributed by atoms with van der Waals surface area (Å²) in [5.41, 5.74) is 5.59. The van der Waals surface area contributed by atoms with E-state index in [1.54, 1.807) is 0 Å². The Morgan fingerprint density at radius 2 is 1.94 bits per heavy atom. The minimum atomic E-state index is -4.10. The summed E-state index contributed by atoms with van der Waals surface area (Å²) in [7, 11) is 0. The van der Waals surface area contributed by atoms with Crippen molar-refractivity contribution in [2.75, 3.05) is 6.54 Å². The topological polar surface area (TPSA) is 35.2 Å². The van der Waals surface area contributed by atoms with Crippen molar-refractivity contribution in [2.45, 2.75) is 44.6 Å². The molecule has 0 radical (unpaired) electrons. The van der Waals surface area contributed by atoms with Crippen LogP contribution in [0.2, 0.25) is 0 Å². The second-order valence-corrected chi connectivity index (χ2v) is 5.09. The molecule has 5 atom stereocenters. The largest absolute Gasteiger partial charge is 0.391 e. The highest BCUT2D eigenvalue weighted by Gasteiger charge is 2.51. The van der Waals surface area contributed by atoms with E-state index >= 15 is 0 Å². The van der Waals surface area contributed by atoms with Gasteiger partial charge in [-0.2, -0.15) is 13.2 Å². The van der Waals surface area contributed by atoms with Crippen molar-refractivity contribution >= 4 is 0 Å². The van der Waals surface area contributed by atoms with Crippen LogP contribution in [0.1, 0.15) is 26.2 Å². The van der Waals surface area contributed by atoms with Crippen LogP contribution in [0, 0.1) is 17.8 Å². The van der Waals surface area contributed by atoms with Crippen LogP contribution in [0.5, 0.6) is 0 Å². The lowest BCUT2D eigenvalue weighted by Crippen LogP contribution is -2.42. The van der Waals surface area contributed by atoms with Gasteiger partial charge in [-0.05, 0) is 44.6 Å². The number of alkyl halides is 3. The Morgan fingerprint density at radius 1 is 1.25 bits per heavy atom. The van der Waals surface area contributed by atoms with Gasteiger partial charge in [-0.25, -0.2) is 0 Å². The zero-order chi connectivity index (χ0) is 11.9. The Balaban J connectivity index is 2.10. The van der Waals surface area contributed by atoms with Gasteiger partial charge in [-0.15, -0.1) is 0 Å². The van der Waals surface area contributed by atoms with Crippen LogP contribution in [0.25, 0.3) is 0 Å². The smallest absolute Gasteiger partial charge is 0.375 e. The van der Waals surface area contributed by atoms with Crippen molar-refractivity contribution in [1.82, 2.24) is 0 Å². The molecule has 1 saturated carbocycles. The number of fused-ring (bicyclic) bond motifs is 1. The van der Waals surface area contributed by atoms with E-state index in [-0.39, 0.29) is 36.9 Å². The first-order chi connectivity index (χ1) is 7.41. The van der Waals surface area contributed by atoms with Crippen molar-refractivity contribution in [2.24, 2.45) is 23.5 Å². The van der Waals surface area contributed by atoms with E-state index in [4.69, 9.17) is 10.5 Å². The van der Waals surface area contributed by atoms with Crippen LogP contribution >= 0.6 is 0 Å². The summed E-state index contributed by atoms with van der Waals surface area (Å²) < 4.78 is 43.7. The number of nitrogens with two attached hydrogens (primary N) is 1. The fraction of sp³-hybridized carbons (Fsp3) is 1.00. The van der Waals surface area contributed by atoms with Gasteiger partial charge in [0.1, 0.15) is 0 Å². The third-order valence-electron chi connectivity index (χ3n) is 3.96. The molecule has 0 aromatic rings. The fourth-order valence-corrected chi connectivity index (χ4v) is 3.17. The normalized spacial score (nSPS) is 44.4. The molecule has 16 heavy (non-hydrogen) atoms. The lowest BCUT2D eigenvalue weighted by molar-refractivity contribution is -0.198. The van der Waals surface area contributed by atoms with Crippen molar-refractivity contribution in [3.63, 3.8) is 0 Å². The van der Waals surface area contributed by atoms with Crippen LogP contribution in [0.4, 0.5) is 13.2 Å². The second kappa shape index (κ2) is 4.18. The molecule has 1 aliphatic carbocycles. The van der Waals surface area contributed by atoms with Gasteiger partial charge in [0.25, 0.3) is 0 Å². The molecule has 1 heterocycles. The van der Waals surface area contributed by atoms with Gasteiger partial charge in [-0.1, -0.05) is 0 Å². The van der Waals surface area contributed by atoms with E-state index in [0.29, 0.717) is 6.54 Å². The van der Waals surface area contributed by atoms with Crippen molar-refractivity contribution in [3.8, 4) is 0 Å². The summed E-state index contributed by atoms with van der Waals surface area (Å²) in [6.07, 6.45) is -3.10. The predicted molar refractivity (Wildman–Crippen MR) is 53.8 cm³/mol. The molecule has 0 amide bonds. The minimum absolute atomic E-state index is 0.0321. The first-order valence-electron chi connectivity index (χ1n) is 5.84. The molecular formula is C11H18F3NO. The fourth-order valence-electron chi connectivity index (χ4n) is 3.17. The molecule has 5 heteroatoms. The van der Waals surface area contributed by atoms with Gasteiger partial charge in [0.2, 0.25) is 0 Å². The van der Waals surface area contributed by atoms with Crippen LogP contribution in [0.3, 0.4) is 0 Å². The molecule has 2 N–H and O–H groups in total. The van der Waals surface area contributed by atoms with E-state index in [9.17, 15) is 13.2 Å². The van der Waals surface area contributed by atoms with Crippen molar-refractivity contribution < 1.29 is 17.9 Å². The first kappa shape index (κ1) is 12.2. The van der Waals surface area contributed by atoms with E-state index in [0.717, 1.165) is 6.42 Å². The van der Waals surface area contributed by atoms with Gasteiger partial charge < -0.3 is 10.5 Å². The Kier molecular flexibility index (Phi) is 3.18. The molecule has 1 aliphatic heterocycles. The summed E-state index contributed by atoms with van der Waals surface area (Å²) in [6, 6.07) is 0. The lowest BCUT2D eigenvalue weighted by atomic mass is 9.71. The Hall–Kier alpha value is -0.290.